The third-order valence-corrected chi connectivity index (χ3v) is 6.03. The van der Waals surface area contributed by atoms with E-state index in [1.165, 1.54) is 4.88 Å². The number of amides is 1. The van der Waals surface area contributed by atoms with Crippen molar-refractivity contribution in [3.63, 3.8) is 0 Å². The average Bonchev–Trinajstić information content (AvgIpc) is 3.42. The van der Waals surface area contributed by atoms with Crippen LogP contribution in [-0.2, 0) is 11.3 Å². The molecule has 2 heterocycles. The van der Waals surface area contributed by atoms with E-state index >= 15 is 0 Å². The highest BCUT2D eigenvalue weighted by Crippen LogP contribution is 2.32. The molecule has 1 aromatic heterocycles. The SMILES string of the molecule is CCNC(=NCC(NC(=O)OCC)C1CC1)N1CCN(Cc2cccs2)CC1. The molecule has 1 unspecified atom stereocenters. The van der Waals surface area contributed by atoms with Crippen molar-refractivity contribution in [2.24, 2.45) is 10.9 Å². The van der Waals surface area contributed by atoms with Crippen LogP contribution in [0.2, 0.25) is 0 Å². The quantitative estimate of drug-likeness (QED) is 0.511. The maximum absolute atomic E-state index is 11.8. The van der Waals surface area contributed by atoms with Crippen molar-refractivity contribution in [1.29, 1.82) is 0 Å². The van der Waals surface area contributed by atoms with E-state index < -0.39 is 0 Å². The number of aliphatic imine (C=N–C) groups is 1. The number of ether oxygens (including phenoxy) is 1. The van der Waals surface area contributed by atoms with Gasteiger partial charge in [0.2, 0.25) is 0 Å². The second-order valence-electron chi connectivity index (χ2n) is 7.35. The molecule has 0 bridgehead atoms. The molecular weight excluding hydrogens is 374 g/mol. The normalized spacial score (nSPS) is 19.4. The summed E-state index contributed by atoms with van der Waals surface area (Å²) in [6.07, 6.45) is 1.98. The van der Waals surface area contributed by atoms with Crippen LogP contribution in [-0.4, -0.2) is 73.8 Å². The number of thiophene rings is 1. The molecule has 7 nitrogen and oxygen atoms in total. The molecule has 2 aliphatic rings. The van der Waals surface area contributed by atoms with Crippen molar-refractivity contribution < 1.29 is 9.53 Å². The number of nitrogens with zero attached hydrogens (tertiary/aromatic N) is 3. The third-order valence-electron chi connectivity index (χ3n) is 5.17. The Morgan fingerprint density at radius 1 is 1.32 bits per heavy atom. The molecule has 1 amide bonds. The molecule has 2 N–H and O–H groups in total. The molecule has 1 saturated carbocycles. The zero-order chi connectivity index (χ0) is 19.8. The lowest BCUT2D eigenvalue weighted by molar-refractivity contribution is 0.147. The number of rotatable bonds is 8. The Morgan fingerprint density at radius 3 is 2.71 bits per heavy atom. The van der Waals surface area contributed by atoms with Crippen LogP contribution in [0.3, 0.4) is 0 Å². The van der Waals surface area contributed by atoms with E-state index in [4.69, 9.17) is 9.73 Å². The summed E-state index contributed by atoms with van der Waals surface area (Å²) < 4.78 is 5.05. The van der Waals surface area contributed by atoms with Gasteiger partial charge in [-0.1, -0.05) is 6.07 Å². The van der Waals surface area contributed by atoms with Crippen LogP contribution < -0.4 is 10.6 Å². The van der Waals surface area contributed by atoms with E-state index in [-0.39, 0.29) is 12.1 Å². The lowest BCUT2D eigenvalue weighted by Crippen LogP contribution is -2.52. The van der Waals surface area contributed by atoms with Gasteiger partial charge < -0.3 is 20.3 Å². The fraction of sp³-hybridized carbons (Fsp3) is 0.700. The van der Waals surface area contributed by atoms with Crippen molar-refractivity contribution in [3.8, 4) is 0 Å². The lowest BCUT2D eigenvalue weighted by atomic mass is 10.2. The maximum atomic E-state index is 11.8. The molecule has 1 aliphatic heterocycles. The van der Waals surface area contributed by atoms with Gasteiger partial charge in [0, 0.05) is 44.1 Å². The van der Waals surface area contributed by atoms with E-state index in [0.29, 0.717) is 19.1 Å². The summed E-state index contributed by atoms with van der Waals surface area (Å²) in [6.45, 7) is 10.8. The van der Waals surface area contributed by atoms with E-state index in [2.05, 4.69) is 44.9 Å². The minimum atomic E-state index is -0.332. The predicted octanol–water partition coefficient (Wildman–Crippen LogP) is 2.36. The van der Waals surface area contributed by atoms with E-state index in [1.54, 1.807) is 0 Å². The number of nitrogens with one attached hydrogen (secondary N) is 2. The minimum Gasteiger partial charge on any atom is -0.450 e. The third kappa shape index (κ3) is 6.38. The van der Waals surface area contributed by atoms with Gasteiger partial charge in [0.1, 0.15) is 0 Å². The van der Waals surface area contributed by atoms with Crippen LogP contribution in [0.25, 0.3) is 0 Å². The van der Waals surface area contributed by atoms with Crippen LogP contribution in [0.5, 0.6) is 0 Å². The minimum absolute atomic E-state index is 0.0628. The molecule has 1 aromatic rings. The molecule has 1 aliphatic carbocycles. The fourth-order valence-electron chi connectivity index (χ4n) is 3.49. The number of piperazine rings is 1. The molecule has 0 spiro atoms. The second kappa shape index (κ2) is 10.7. The highest BCUT2D eigenvalue weighted by molar-refractivity contribution is 7.09. The number of hydrogen-bond acceptors (Lipinski definition) is 5. The largest absolute Gasteiger partial charge is 0.450 e. The predicted molar refractivity (Wildman–Crippen MR) is 114 cm³/mol. The summed E-state index contributed by atoms with van der Waals surface area (Å²) in [7, 11) is 0. The molecule has 2 fully saturated rings. The summed E-state index contributed by atoms with van der Waals surface area (Å²) >= 11 is 1.82. The molecule has 1 atom stereocenters. The molecule has 0 aromatic carbocycles. The first-order valence-corrected chi connectivity index (χ1v) is 11.3. The Balaban J connectivity index is 1.52. The summed E-state index contributed by atoms with van der Waals surface area (Å²) in [5.74, 6) is 1.48. The molecule has 8 heteroatoms. The standard InChI is InChI=1S/C20H33N5O2S/c1-3-21-19(22-14-18(16-7-8-16)23-20(26)27-4-2)25-11-9-24(10-12-25)15-17-6-5-13-28-17/h5-6,13,16,18H,3-4,7-12,14-15H2,1-2H3,(H,21,22)(H,23,26). The highest BCUT2D eigenvalue weighted by atomic mass is 32.1. The molecule has 3 rings (SSSR count). The van der Waals surface area contributed by atoms with Crippen molar-refractivity contribution in [2.45, 2.75) is 39.3 Å². The van der Waals surface area contributed by atoms with E-state index in [9.17, 15) is 4.79 Å². The zero-order valence-electron chi connectivity index (χ0n) is 17.0. The number of guanidine groups is 1. The van der Waals surface area contributed by atoms with Gasteiger partial charge >= 0.3 is 6.09 Å². The topological polar surface area (TPSA) is 69.2 Å². The van der Waals surface area contributed by atoms with Crippen LogP contribution in [0, 0.1) is 5.92 Å². The summed E-state index contributed by atoms with van der Waals surface area (Å²) in [5.41, 5.74) is 0. The first-order valence-electron chi connectivity index (χ1n) is 10.4. The summed E-state index contributed by atoms with van der Waals surface area (Å²) in [4.78, 5) is 22.9. The Kier molecular flexibility index (Phi) is 7.97. The van der Waals surface area contributed by atoms with Gasteiger partial charge in [-0.05, 0) is 44.1 Å². The monoisotopic (exact) mass is 407 g/mol. The Morgan fingerprint density at radius 2 is 2.11 bits per heavy atom. The van der Waals surface area contributed by atoms with Crippen molar-refractivity contribution >= 4 is 23.4 Å². The van der Waals surface area contributed by atoms with E-state index in [0.717, 1.165) is 58.1 Å². The summed E-state index contributed by atoms with van der Waals surface area (Å²) in [6, 6.07) is 4.39. The van der Waals surface area contributed by atoms with Crippen LogP contribution in [0.1, 0.15) is 31.6 Å². The molecule has 0 radical (unpaired) electrons. The molecule has 156 valence electrons. The van der Waals surface area contributed by atoms with Gasteiger partial charge in [0.25, 0.3) is 0 Å². The van der Waals surface area contributed by atoms with Gasteiger partial charge in [-0.25, -0.2) is 4.79 Å². The Labute approximate surface area is 172 Å². The van der Waals surface area contributed by atoms with Crippen molar-refractivity contribution in [3.05, 3.63) is 22.4 Å². The highest BCUT2D eigenvalue weighted by Gasteiger charge is 2.32. The number of carbonyl (C=O) groups excluding carboxylic acids is 1. The van der Waals surface area contributed by atoms with Crippen molar-refractivity contribution in [1.82, 2.24) is 20.4 Å². The average molecular weight is 408 g/mol. The second-order valence-corrected chi connectivity index (χ2v) is 8.38. The smallest absolute Gasteiger partial charge is 0.407 e. The lowest BCUT2D eigenvalue weighted by Gasteiger charge is -2.36. The number of carbonyl (C=O) groups is 1. The maximum Gasteiger partial charge on any atom is 0.407 e. The first-order chi connectivity index (χ1) is 13.7. The Bertz CT molecular complexity index is 625. The first kappa shape index (κ1) is 20.9. The molecular formula is C20H33N5O2S. The summed E-state index contributed by atoms with van der Waals surface area (Å²) in [5, 5.41) is 8.55. The van der Waals surface area contributed by atoms with Crippen molar-refractivity contribution in [2.75, 3.05) is 45.9 Å². The number of hydrogen-bond donors (Lipinski definition) is 2. The van der Waals surface area contributed by atoms with E-state index in [1.807, 2.05) is 18.3 Å². The van der Waals surface area contributed by atoms with Crippen LogP contribution >= 0.6 is 11.3 Å². The zero-order valence-corrected chi connectivity index (χ0v) is 17.8. The van der Waals surface area contributed by atoms with Gasteiger partial charge in [-0.2, -0.15) is 0 Å². The van der Waals surface area contributed by atoms with Gasteiger partial charge in [0.05, 0.1) is 19.2 Å². The number of alkyl carbamates (subject to hydrolysis) is 1. The van der Waals surface area contributed by atoms with Gasteiger partial charge in [-0.3, -0.25) is 9.89 Å². The van der Waals surface area contributed by atoms with Gasteiger partial charge in [0.15, 0.2) is 5.96 Å². The van der Waals surface area contributed by atoms with Gasteiger partial charge in [-0.15, -0.1) is 11.3 Å². The van der Waals surface area contributed by atoms with Crippen LogP contribution in [0.4, 0.5) is 4.79 Å². The Hall–Kier alpha value is -1.80. The molecule has 1 saturated heterocycles. The fourth-order valence-corrected chi connectivity index (χ4v) is 4.23. The van der Waals surface area contributed by atoms with Crippen LogP contribution in [0.15, 0.2) is 22.5 Å². The molecule has 28 heavy (non-hydrogen) atoms.